The molecule has 1 saturated heterocycles. The molecule has 3 aromatic rings. The highest BCUT2D eigenvalue weighted by atomic mass is 32.1. The van der Waals surface area contributed by atoms with Gasteiger partial charge in [0, 0.05) is 41.2 Å². The Hall–Kier alpha value is -3.46. The highest BCUT2D eigenvalue weighted by molar-refractivity contribution is 7.15. The van der Waals surface area contributed by atoms with E-state index in [9.17, 15) is 14.0 Å². The van der Waals surface area contributed by atoms with Crippen molar-refractivity contribution in [2.24, 2.45) is 0 Å². The molecule has 0 saturated carbocycles. The van der Waals surface area contributed by atoms with Crippen molar-refractivity contribution >= 4 is 45.5 Å². The minimum absolute atomic E-state index is 0.147. The van der Waals surface area contributed by atoms with Crippen LogP contribution in [0.5, 0.6) is 0 Å². The lowest BCUT2D eigenvalue weighted by Crippen LogP contribution is -2.19. The minimum atomic E-state index is -0.550. The molecule has 0 atom stereocenters. The predicted octanol–water partition coefficient (Wildman–Crippen LogP) is 5.04. The molecule has 9 heteroatoms. The Morgan fingerprint density at radius 2 is 1.59 bits per heavy atom. The van der Waals surface area contributed by atoms with Crippen LogP contribution in [0.3, 0.4) is 0 Å². The fourth-order valence-corrected chi connectivity index (χ4v) is 4.28. The number of hydrogen-bond acceptors (Lipinski definition) is 5. The van der Waals surface area contributed by atoms with Gasteiger partial charge in [-0.3, -0.25) is 10.1 Å². The van der Waals surface area contributed by atoms with E-state index < -0.39 is 12.7 Å². The SMILES string of the molecule is O=C(Cc1cnc(NC(=O)Nc2ccc(CF)cc2)s1)Nc1ccc(N2CCCC2)cc1. The number of hydrogen-bond donors (Lipinski definition) is 3. The summed E-state index contributed by atoms with van der Waals surface area (Å²) in [5.74, 6) is -0.147. The van der Waals surface area contributed by atoms with Crippen molar-refractivity contribution in [3.05, 3.63) is 65.2 Å². The van der Waals surface area contributed by atoms with E-state index in [0.29, 0.717) is 16.4 Å². The van der Waals surface area contributed by atoms with E-state index in [-0.39, 0.29) is 12.3 Å². The summed E-state index contributed by atoms with van der Waals surface area (Å²) in [5, 5.41) is 8.59. The highest BCUT2D eigenvalue weighted by Gasteiger charge is 2.13. The molecule has 32 heavy (non-hydrogen) atoms. The fraction of sp³-hybridized carbons (Fsp3) is 0.261. The molecular formula is C23H24FN5O2S. The number of carbonyl (C=O) groups is 2. The van der Waals surface area contributed by atoms with Crippen LogP contribution in [0.2, 0.25) is 0 Å². The second kappa shape index (κ2) is 10.2. The van der Waals surface area contributed by atoms with Crippen LogP contribution in [0, 0.1) is 0 Å². The number of anilines is 4. The zero-order valence-corrected chi connectivity index (χ0v) is 18.3. The van der Waals surface area contributed by atoms with Crippen molar-refractivity contribution in [2.45, 2.75) is 25.9 Å². The quantitative estimate of drug-likeness (QED) is 0.468. The Kier molecular flexibility index (Phi) is 6.96. The molecule has 0 unspecified atom stereocenters. The van der Waals surface area contributed by atoms with Crippen molar-refractivity contribution < 1.29 is 14.0 Å². The number of benzene rings is 2. The molecule has 1 aliphatic heterocycles. The van der Waals surface area contributed by atoms with Crippen molar-refractivity contribution in [1.82, 2.24) is 4.98 Å². The third-order valence-electron chi connectivity index (χ3n) is 5.10. The number of urea groups is 1. The summed E-state index contributed by atoms with van der Waals surface area (Å²) in [7, 11) is 0. The fourth-order valence-electron chi connectivity index (χ4n) is 3.48. The highest BCUT2D eigenvalue weighted by Crippen LogP contribution is 2.23. The topological polar surface area (TPSA) is 86.4 Å². The lowest BCUT2D eigenvalue weighted by atomic mass is 10.2. The predicted molar refractivity (Wildman–Crippen MR) is 126 cm³/mol. The van der Waals surface area contributed by atoms with Gasteiger partial charge in [0.25, 0.3) is 0 Å². The monoisotopic (exact) mass is 453 g/mol. The molecule has 1 aromatic heterocycles. The Bertz CT molecular complexity index is 1060. The lowest BCUT2D eigenvalue weighted by molar-refractivity contribution is -0.115. The minimum Gasteiger partial charge on any atom is -0.372 e. The number of thiazole rings is 1. The zero-order chi connectivity index (χ0) is 22.3. The molecule has 0 aliphatic carbocycles. The first-order valence-electron chi connectivity index (χ1n) is 10.4. The number of aromatic nitrogens is 1. The van der Waals surface area contributed by atoms with E-state index in [4.69, 9.17) is 0 Å². The van der Waals surface area contributed by atoms with Crippen LogP contribution in [0.4, 0.5) is 31.4 Å². The summed E-state index contributed by atoms with van der Waals surface area (Å²) in [6.07, 6.45) is 4.19. The maximum Gasteiger partial charge on any atom is 0.325 e. The van der Waals surface area contributed by atoms with Gasteiger partial charge < -0.3 is 15.5 Å². The summed E-state index contributed by atoms with van der Waals surface area (Å²) in [5.41, 5.74) is 3.02. The molecule has 1 aliphatic rings. The number of carbonyl (C=O) groups excluding carboxylic acids is 2. The van der Waals surface area contributed by atoms with Gasteiger partial charge in [-0.1, -0.05) is 12.1 Å². The van der Waals surface area contributed by atoms with Crippen molar-refractivity contribution in [3.8, 4) is 0 Å². The number of rotatable bonds is 7. The smallest absolute Gasteiger partial charge is 0.325 e. The molecule has 0 spiro atoms. The van der Waals surface area contributed by atoms with Crippen molar-refractivity contribution in [3.63, 3.8) is 0 Å². The van der Waals surface area contributed by atoms with Crippen LogP contribution in [0.25, 0.3) is 0 Å². The zero-order valence-electron chi connectivity index (χ0n) is 17.4. The maximum absolute atomic E-state index is 12.6. The summed E-state index contributed by atoms with van der Waals surface area (Å²) >= 11 is 1.24. The summed E-state index contributed by atoms with van der Waals surface area (Å²) in [6.45, 7) is 1.61. The third-order valence-corrected chi connectivity index (χ3v) is 6.01. The maximum atomic E-state index is 12.6. The molecule has 1 fully saturated rings. The first kappa shape index (κ1) is 21.8. The summed E-state index contributed by atoms with van der Waals surface area (Å²) in [6, 6.07) is 13.9. The molecule has 0 radical (unpaired) electrons. The van der Waals surface area contributed by atoms with Crippen LogP contribution in [0.1, 0.15) is 23.3 Å². The van der Waals surface area contributed by atoms with Crippen LogP contribution >= 0.6 is 11.3 Å². The summed E-state index contributed by atoms with van der Waals surface area (Å²) in [4.78, 5) is 31.7. The van der Waals surface area contributed by atoms with E-state index >= 15 is 0 Å². The molecule has 166 valence electrons. The molecule has 3 amide bonds. The van der Waals surface area contributed by atoms with Crippen molar-refractivity contribution in [2.75, 3.05) is 33.9 Å². The van der Waals surface area contributed by atoms with E-state index in [0.717, 1.165) is 23.7 Å². The molecule has 0 bridgehead atoms. The molecule has 4 rings (SSSR count). The number of nitrogens with one attached hydrogen (secondary N) is 3. The molecular weight excluding hydrogens is 429 g/mol. The third kappa shape index (κ3) is 5.82. The van der Waals surface area contributed by atoms with E-state index in [1.807, 2.05) is 24.3 Å². The molecule has 2 aromatic carbocycles. The molecule has 3 N–H and O–H groups in total. The standard InChI is InChI=1S/C23H24FN5O2S/c24-14-16-3-5-18(6-4-16)27-22(31)28-23-25-15-20(32-23)13-21(30)26-17-7-9-19(10-8-17)29-11-1-2-12-29/h3-10,15H,1-2,11-14H2,(H,26,30)(H2,25,27,28,31). The van der Waals surface area contributed by atoms with Crippen LogP contribution in [-0.2, 0) is 17.9 Å². The normalized spacial score (nSPS) is 13.1. The number of halogens is 1. The first-order chi connectivity index (χ1) is 15.6. The van der Waals surface area contributed by atoms with Crippen LogP contribution in [-0.4, -0.2) is 30.0 Å². The van der Waals surface area contributed by atoms with Crippen molar-refractivity contribution in [1.29, 1.82) is 0 Å². The van der Waals surface area contributed by atoms with Gasteiger partial charge in [0.1, 0.15) is 6.67 Å². The number of nitrogens with zero attached hydrogens (tertiary/aromatic N) is 2. The largest absolute Gasteiger partial charge is 0.372 e. The van der Waals surface area contributed by atoms with E-state index in [1.54, 1.807) is 30.5 Å². The molecule has 7 nitrogen and oxygen atoms in total. The van der Waals surface area contributed by atoms with Crippen LogP contribution < -0.4 is 20.9 Å². The summed E-state index contributed by atoms with van der Waals surface area (Å²) < 4.78 is 12.6. The average Bonchev–Trinajstić information content (AvgIpc) is 3.47. The van der Waals surface area contributed by atoms with Gasteiger partial charge in [0.15, 0.2) is 5.13 Å². The van der Waals surface area contributed by atoms with Gasteiger partial charge in [-0.25, -0.2) is 14.2 Å². The second-order valence-electron chi connectivity index (χ2n) is 7.51. The Morgan fingerprint density at radius 3 is 2.28 bits per heavy atom. The van der Waals surface area contributed by atoms with Gasteiger partial charge in [-0.05, 0) is 54.8 Å². The number of alkyl halides is 1. The van der Waals surface area contributed by atoms with E-state index in [1.165, 1.54) is 29.9 Å². The Labute approximate surface area is 189 Å². The lowest BCUT2D eigenvalue weighted by Gasteiger charge is -2.17. The Balaban J connectivity index is 1.25. The second-order valence-corrected chi connectivity index (χ2v) is 8.62. The van der Waals surface area contributed by atoms with Gasteiger partial charge >= 0.3 is 6.03 Å². The van der Waals surface area contributed by atoms with E-state index in [2.05, 4.69) is 25.8 Å². The van der Waals surface area contributed by atoms with Gasteiger partial charge in [-0.2, -0.15) is 0 Å². The molecule has 2 heterocycles. The van der Waals surface area contributed by atoms with Gasteiger partial charge in [0.05, 0.1) is 6.42 Å². The van der Waals surface area contributed by atoms with Gasteiger partial charge in [0.2, 0.25) is 5.91 Å². The first-order valence-corrected chi connectivity index (χ1v) is 11.2. The number of amides is 3. The average molecular weight is 454 g/mol. The van der Waals surface area contributed by atoms with Crippen LogP contribution in [0.15, 0.2) is 54.7 Å². The van der Waals surface area contributed by atoms with Gasteiger partial charge in [-0.15, -0.1) is 11.3 Å². The Morgan fingerprint density at radius 1 is 0.938 bits per heavy atom.